The fourth-order valence-electron chi connectivity index (χ4n) is 3.09. The molecule has 30 heavy (non-hydrogen) atoms. The molecule has 0 aliphatic carbocycles. The fraction of sp³-hybridized carbons (Fsp3) is 0.174. The summed E-state index contributed by atoms with van der Waals surface area (Å²) in [6, 6.07) is 14.8. The predicted octanol–water partition coefficient (Wildman–Crippen LogP) is 4.53. The van der Waals surface area contributed by atoms with E-state index in [4.69, 9.17) is 9.15 Å². The first-order valence-electron chi connectivity index (χ1n) is 9.64. The number of anilines is 1. The minimum absolute atomic E-state index is 0.0982. The number of hydrogen-bond donors (Lipinski definition) is 2. The van der Waals surface area contributed by atoms with Gasteiger partial charge < -0.3 is 19.4 Å². The Morgan fingerprint density at radius 3 is 2.57 bits per heavy atom. The van der Waals surface area contributed by atoms with Gasteiger partial charge in [0.2, 0.25) is 0 Å². The molecule has 0 fully saturated rings. The van der Waals surface area contributed by atoms with Gasteiger partial charge in [-0.25, -0.2) is 15.4 Å². The topological polar surface area (TPSA) is 89.3 Å². The fourth-order valence-corrected chi connectivity index (χ4v) is 3.09. The molecule has 0 amide bonds. The molecule has 2 aromatic carbocycles. The number of nitrogens with one attached hydrogen (secondary N) is 2. The van der Waals surface area contributed by atoms with E-state index in [0.717, 1.165) is 33.9 Å². The summed E-state index contributed by atoms with van der Waals surface area (Å²) in [4.78, 5) is 20.0. The number of hydrazine groups is 1. The van der Waals surface area contributed by atoms with Gasteiger partial charge in [-0.15, -0.1) is 0 Å². The maximum atomic E-state index is 11.6. The molecule has 0 aliphatic heterocycles. The van der Waals surface area contributed by atoms with Crippen LogP contribution in [0.1, 0.15) is 25.5 Å². The van der Waals surface area contributed by atoms with E-state index in [1.807, 2.05) is 62.4 Å². The number of hydrogen-bond acceptors (Lipinski definition) is 7. The molecule has 0 saturated heterocycles. The van der Waals surface area contributed by atoms with E-state index < -0.39 is 6.04 Å². The molecule has 7 nitrogen and oxygen atoms in total. The number of ether oxygens (including phenoxy) is 1. The van der Waals surface area contributed by atoms with Crippen molar-refractivity contribution < 1.29 is 13.9 Å². The molecule has 2 N–H and O–H groups in total. The number of rotatable bonds is 8. The first-order valence-corrected chi connectivity index (χ1v) is 9.64. The third-order valence-corrected chi connectivity index (χ3v) is 4.54. The average Bonchev–Trinajstić information content (AvgIpc) is 3.29. The number of nitrogens with zero attached hydrogens (tertiary/aromatic N) is 2. The van der Waals surface area contributed by atoms with E-state index >= 15 is 0 Å². The number of fused-ring (bicyclic) bond motifs is 1. The number of benzene rings is 2. The molecule has 1 unspecified atom stereocenters. The van der Waals surface area contributed by atoms with Gasteiger partial charge in [0.05, 0.1) is 12.3 Å². The summed E-state index contributed by atoms with van der Waals surface area (Å²) in [5.41, 5.74) is 7.80. The molecular formula is C23H22N4O3. The van der Waals surface area contributed by atoms with Gasteiger partial charge in [0.25, 0.3) is 0 Å². The van der Waals surface area contributed by atoms with Crippen LogP contribution in [0.15, 0.2) is 71.7 Å². The van der Waals surface area contributed by atoms with Crippen LogP contribution in [0.5, 0.6) is 5.75 Å². The van der Waals surface area contributed by atoms with Crippen LogP contribution in [0.2, 0.25) is 0 Å². The molecule has 0 saturated carbocycles. The lowest BCUT2D eigenvalue weighted by atomic mass is 10.1. The van der Waals surface area contributed by atoms with Crippen LogP contribution in [0.3, 0.4) is 0 Å². The summed E-state index contributed by atoms with van der Waals surface area (Å²) in [5, 5.41) is 1.98. The molecule has 0 bridgehead atoms. The maximum absolute atomic E-state index is 11.6. The highest BCUT2D eigenvalue weighted by molar-refractivity contribution is 5.87. The van der Waals surface area contributed by atoms with Crippen molar-refractivity contribution in [3.63, 3.8) is 0 Å². The Morgan fingerprint density at radius 2 is 1.87 bits per heavy atom. The van der Waals surface area contributed by atoms with Gasteiger partial charge in [-0.2, -0.15) is 0 Å². The molecule has 1 atom stereocenters. The highest BCUT2D eigenvalue weighted by Crippen LogP contribution is 2.25. The zero-order chi connectivity index (χ0) is 20.9. The Labute approximate surface area is 174 Å². The minimum atomic E-state index is -0.531. The zero-order valence-electron chi connectivity index (χ0n) is 16.7. The highest BCUT2D eigenvalue weighted by atomic mass is 16.5. The van der Waals surface area contributed by atoms with E-state index in [0.29, 0.717) is 11.6 Å². The lowest BCUT2D eigenvalue weighted by Gasteiger charge is -2.16. The van der Waals surface area contributed by atoms with E-state index in [-0.39, 0.29) is 6.10 Å². The van der Waals surface area contributed by atoms with Crippen molar-refractivity contribution in [2.75, 3.05) is 5.43 Å². The second-order valence-corrected chi connectivity index (χ2v) is 7.12. The molecule has 0 radical (unpaired) electrons. The second-order valence-electron chi connectivity index (χ2n) is 7.12. The Morgan fingerprint density at radius 1 is 1.03 bits per heavy atom. The van der Waals surface area contributed by atoms with Crippen LogP contribution in [0.25, 0.3) is 22.1 Å². The Kier molecular flexibility index (Phi) is 5.72. The van der Waals surface area contributed by atoms with Gasteiger partial charge in [-0.3, -0.25) is 0 Å². The van der Waals surface area contributed by atoms with Crippen LogP contribution < -0.4 is 15.6 Å². The van der Waals surface area contributed by atoms with Crippen molar-refractivity contribution >= 4 is 22.9 Å². The van der Waals surface area contributed by atoms with Crippen LogP contribution >= 0.6 is 0 Å². The minimum Gasteiger partial charge on any atom is -0.491 e. The van der Waals surface area contributed by atoms with Gasteiger partial charge in [-0.1, -0.05) is 24.3 Å². The number of aldehydes is 1. The molecule has 0 aliphatic rings. The van der Waals surface area contributed by atoms with Gasteiger partial charge in [-0.05, 0) is 49.1 Å². The van der Waals surface area contributed by atoms with Crippen LogP contribution in [0, 0.1) is 0 Å². The SMILES string of the molecule is CC(C)Oc1ccc(C(C=O)NNc2cc3cc(-c4cnco4)ccc3cn2)cc1. The largest absolute Gasteiger partial charge is 0.491 e. The summed E-state index contributed by atoms with van der Waals surface area (Å²) in [5.74, 6) is 2.07. The molecule has 4 aromatic rings. The summed E-state index contributed by atoms with van der Waals surface area (Å²) < 4.78 is 11.0. The third-order valence-electron chi connectivity index (χ3n) is 4.54. The van der Waals surface area contributed by atoms with E-state index in [2.05, 4.69) is 20.8 Å². The maximum Gasteiger partial charge on any atom is 0.181 e. The number of pyridine rings is 1. The number of carbonyl (C=O) groups is 1. The Balaban J connectivity index is 1.48. The van der Waals surface area contributed by atoms with Crippen molar-refractivity contribution in [1.82, 2.24) is 15.4 Å². The Bertz CT molecular complexity index is 1130. The molecule has 152 valence electrons. The average molecular weight is 402 g/mol. The quantitative estimate of drug-likeness (QED) is 0.330. The van der Waals surface area contributed by atoms with Crippen molar-refractivity contribution in [2.45, 2.75) is 26.0 Å². The third kappa shape index (κ3) is 4.47. The monoisotopic (exact) mass is 402 g/mol. The highest BCUT2D eigenvalue weighted by Gasteiger charge is 2.11. The standard InChI is InChI=1S/C23H22N4O3/c1-15(2)30-20-7-5-16(6-8-20)21(13-28)26-27-23-10-19-9-17(22-12-24-14-29-22)3-4-18(19)11-25-23/h3-15,21,26H,1-2H3,(H,25,27). The molecule has 7 heteroatoms. The molecule has 2 heterocycles. The van der Waals surface area contributed by atoms with E-state index in [9.17, 15) is 4.79 Å². The smallest absolute Gasteiger partial charge is 0.181 e. The Hall–Kier alpha value is -3.71. The van der Waals surface area contributed by atoms with Crippen LogP contribution in [-0.4, -0.2) is 22.4 Å². The van der Waals surface area contributed by atoms with Crippen LogP contribution in [-0.2, 0) is 4.79 Å². The normalized spacial score (nSPS) is 12.1. The lowest BCUT2D eigenvalue weighted by molar-refractivity contribution is -0.109. The summed E-state index contributed by atoms with van der Waals surface area (Å²) in [6.07, 6.45) is 5.80. The number of aromatic nitrogens is 2. The van der Waals surface area contributed by atoms with Crippen molar-refractivity contribution in [2.24, 2.45) is 0 Å². The van der Waals surface area contributed by atoms with Gasteiger partial charge in [0.1, 0.15) is 23.9 Å². The van der Waals surface area contributed by atoms with Crippen molar-refractivity contribution in [1.29, 1.82) is 0 Å². The molecule has 2 aromatic heterocycles. The van der Waals surface area contributed by atoms with E-state index in [1.54, 1.807) is 12.4 Å². The van der Waals surface area contributed by atoms with Crippen LogP contribution in [0.4, 0.5) is 5.82 Å². The first kappa shape index (κ1) is 19.6. The summed E-state index contributed by atoms with van der Waals surface area (Å²) in [6.45, 7) is 3.94. The molecular weight excluding hydrogens is 380 g/mol. The predicted molar refractivity (Wildman–Crippen MR) is 115 cm³/mol. The van der Waals surface area contributed by atoms with E-state index in [1.165, 1.54) is 6.39 Å². The lowest BCUT2D eigenvalue weighted by Crippen LogP contribution is -2.28. The number of carbonyl (C=O) groups excluding carboxylic acids is 1. The summed E-state index contributed by atoms with van der Waals surface area (Å²) in [7, 11) is 0. The summed E-state index contributed by atoms with van der Waals surface area (Å²) >= 11 is 0. The van der Waals surface area contributed by atoms with Gasteiger partial charge in [0.15, 0.2) is 12.2 Å². The van der Waals surface area contributed by atoms with Crippen molar-refractivity contribution in [3.05, 3.63) is 72.9 Å². The van der Waals surface area contributed by atoms with Crippen molar-refractivity contribution in [3.8, 4) is 17.1 Å². The second kappa shape index (κ2) is 8.75. The first-order chi connectivity index (χ1) is 14.6. The number of oxazole rings is 1. The molecule has 0 spiro atoms. The van der Waals surface area contributed by atoms with Gasteiger partial charge >= 0.3 is 0 Å². The zero-order valence-corrected chi connectivity index (χ0v) is 16.7. The van der Waals surface area contributed by atoms with Gasteiger partial charge in [0, 0.05) is 17.1 Å². The molecule has 4 rings (SSSR count).